The summed E-state index contributed by atoms with van der Waals surface area (Å²) in [7, 11) is -0.526. The number of aliphatic hydroxyl groups is 1. The first-order valence-corrected chi connectivity index (χ1v) is 13.4. The van der Waals surface area contributed by atoms with Crippen LogP contribution in [0.2, 0.25) is 0 Å². The largest absolute Gasteiger partial charge is 0.494 e. The van der Waals surface area contributed by atoms with Crippen molar-refractivity contribution in [2.45, 2.75) is 117 Å². The fraction of sp³-hybridized carbons (Fsp3) is 0.714. The summed E-state index contributed by atoms with van der Waals surface area (Å²) < 4.78 is 18.5. The van der Waals surface area contributed by atoms with E-state index in [9.17, 15) is 14.7 Å². The summed E-state index contributed by atoms with van der Waals surface area (Å²) >= 11 is 0. The summed E-state index contributed by atoms with van der Waals surface area (Å²) in [6.45, 7) is 18.3. The van der Waals surface area contributed by atoms with Crippen molar-refractivity contribution in [1.29, 1.82) is 0 Å². The molecule has 1 atom stereocenters. The number of rotatable bonds is 3. The number of benzene rings is 1. The summed E-state index contributed by atoms with van der Waals surface area (Å²) in [4.78, 5) is 29.7. The molecule has 8 nitrogen and oxygen atoms in total. The zero-order valence-corrected chi connectivity index (χ0v) is 23.9. The van der Waals surface area contributed by atoms with Gasteiger partial charge in [-0.25, -0.2) is 4.79 Å². The van der Waals surface area contributed by atoms with E-state index in [4.69, 9.17) is 14.0 Å². The monoisotopic (exact) mass is 514 g/mol. The summed E-state index contributed by atoms with van der Waals surface area (Å²) in [5.41, 5.74) is 1.09. The van der Waals surface area contributed by atoms with E-state index < -0.39 is 29.5 Å². The molecule has 0 unspecified atom stereocenters. The van der Waals surface area contributed by atoms with Gasteiger partial charge in [-0.05, 0) is 104 Å². The highest BCUT2D eigenvalue weighted by molar-refractivity contribution is 6.62. The van der Waals surface area contributed by atoms with Gasteiger partial charge in [0.2, 0.25) is 0 Å². The van der Waals surface area contributed by atoms with Gasteiger partial charge in [0.1, 0.15) is 11.2 Å². The van der Waals surface area contributed by atoms with E-state index in [0.717, 1.165) is 35.0 Å². The second-order valence-electron chi connectivity index (χ2n) is 13.2. The van der Waals surface area contributed by atoms with Gasteiger partial charge in [-0.2, -0.15) is 0 Å². The van der Waals surface area contributed by atoms with Crippen molar-refractivity contribution in [1.82, 2.24) is 9.80 Å². The molecule has 1 aromatic carbocycles. The quantitative estimate of drug-likeness (QED) is 0.619. The Labute approximate surface area is 221 Å². The van der Waals surface area contributed by atoms with Crippen molar-refractivity contribution in [3.8, 4) is 0 Å². The van der Waals surface area contributed by atoms with Gasteiger partial charge in [0.05, 0.1) is 17.2 Å². The number of hydrogen-bond acceptors (Lipinski definition) is 6. The Balaban J connectivity index is 1.76. The molecule has 9 heteroatoms. The Morgan fingerprint density at radius 3 is 2.24 bits per heavy atom. The van der Waals surface area contributed by atoms with Gasteiger partial charge in [-0.1, -0.05) is 12.1 Å². The first kappa shape index (κ1) is 27.9. The van der Waals surface area contributed by atoms with Crippen molar-refractivity contribution in [3.63, 3.8) is 0 Å². The minimum absolute atomic E-state index is 0.178. The highest BCUT2D eigenvalue weighted by Crippen LogP contribution is 2.40. The van der Waals surface area contributed by atoms with Crippen molar-refractivity contribution in [2.75, 3.05) is 13.1 Å². The van der Waals surface area contributed by atoms with Crippen LogP contribution in [0.3, 0.4) is 0 Å². The molecule has 0 bridgehead atoms. The van der Waals surface area contributed by atoms with Crippen LogP contribution in [0.25, 0.3) is 0 Å². The number of nitrogens with zero attached hydrogens (tertiary/aromatic N) is 2. The third-order valence-corrected chi connectivity index (χ3v) is 7.97. The van der Waals surface area contributed by atoms with Crippen LogP contribution in [0.15, 0.2) is 12.1 Å². The molecule has 2 saturated heterocycles. The van der Waals surface area contributed by atoms with E-state index in [1.54, 1.807) is 4.90 Å². The Morgan fingerprint density at radius 2 is 1.68 bits per heavy atom. The molecule has 0 aliphatic carbocycles. The smallest absolute Gasteiger partial charge is 0.444 e. The fourth-order valence-electron chi connectivity index (χ4n) is 5.33. The molecule has 204 valence electrons. The lowest BCUT2D eigenvalue weighted by molar-refractivity contribution is -0.148. The molecule has 37 heavy (non-hydrogen) atoms. The van der Waals surface area contributed by atoms with Crippen LogP contribution < -0.4 is 5.46 Å². The maximum Gasteiger partial charge on any atom is 0.494 e. The van der Waals surface area contributed by atoms with Crippen molar-refractivity contribution in [3.05, 3.63) is 28.8 Å². The predicted octanol–water partition coefficient (Wildman–Crippen LogP) is 3.71. The maximum absolute atomic E-state index is 13.2. The lowest BCUT2D eigenvalue weighted by Gasteiger charge is -2.36. The molecule has 3 heterocycles. The van der Waals surface area contributed by atoms with Crippen molar-refractivity contribution >= 4 is 24.6 Å². The van der Waals surface area contributed by atoms with Crippen LogP contribution >= 0.6 is 0 Å². The summed E-state index contributed by atoms with van der Waals surface area (Å²) in [5.74, 6) is -0.297. The third kappa shape index (κ3) is 5.54. The molecule has 0 aromatic heterocycles. The first-order chi connectivity index (χ1) is 16.9. The van der Waals surface area contributed by atoms with E-state index in [1.165, 1.54) is 13.8 Å². The fourth-order valence-corrected chi connectivity index (χ4v) is 5.33. The van der Waals surface area contributed by atoms with Crippen LogP contribution in [0.5, 0.6) is 0 Å². The minimum atomic E-state index is -1.45. The van der Waals surface area contributed by atoms with E-state index >= 15 is 0 Å². The average Bonchev–Trinajstić information content (AvgIpc) is 3.32. The topological polar surface area (TPSA) is 88.5 Å². The van der Waals surface area contributed by atoms with E-state index in [0.29, 0.717) is 26.1 Å². The van der Waals surface area contributed by atoms with Crippen LogP contribution in [0, 0.1) is 0 Å². The molecular weight excluding hydrogens is 471 g/mol. The molecule has 0 radical (unpaired) electrons. The number of hydrogen-bond donors (Lipinski definition) is 1. The molecular formula is C28H43BN2O6. The molecule has 3 aliphatic rings. The van der Waals surface area contributed by atoms with Gasteiger partial charge in [0, 0.05) is 19.6 Å². The normalized spacial score (nSPS) is 23.3. The Morgan fingerprint density at radius 1 is 1.05 bits per heavy atom. The lowest BCUT2D eigenvalue weighted by atomic mass is 9.74. The molecule has 1 N–H and O–H groups in total. The molecule has 3 aliphatic heterocycles. The molecule has 1 aromatic rings. The number of fused-ring (bicyclic) bond motifs is 1. The maximum atomic E-state index is 13.2. The van der Waals surface area contributed by atoms with Crippen molar-refractivity contribution < 1.29 is 28.7 Å². The zero-order valence-electron chi connectivity index (χ0n) is 23.9. The number of carbonyl (C=O) groups is 2. The van der Waals surface area contributed by atoms with Gasteiger partial charge in [-0.15, -0.1) is 0 Å². The number of amides is 2. The zero-order chi connectivity index (χ0) is 27.6. The SMILES string of the molecule is CC(C)(C)OC(=O)N1CCC[C@H]1c1cc(B2OC(C)(C)C(C)(C)O2)cc2c1CN(C(=O)C(C)(C)O)CC2. The summed E-state index contributed by atoms with van der Waals surface area (Å²) in [6, 6.07) is 4.04. The molecule has 2 fully saturated rings. The van der Waals surface area contributed by atoms with Crippen LogP contribution in [0.1, 0.15) is 97.9 Å². The summed E-state index contributed by atoms with van der Waals surface area (Å²) in [5, 5.41) is 10.4. The van der Waals surface area contributed by atoms with E-state index in [-0.39, 0.29) is 18.0 Å². The Kier molecular flexibility index (Phi) is 7.00. The highest BCUT2D eigenvalue weighted by atomic mass is 16.7. The number of carbonyl (C=O) groups excluding carboxylic acids is 2. The highest BCUT2D eigenvalue weighted by Gasteiger charge is 2.52. The minimum Gasteiger partial charge on any atom is -0.444 e. The third-order valence-electron chi connectivity index (χ3n) is 7.97. The second-order valence-corrected chi connectivity index (χ2v) is 13.2. The van der Waals surface area contributed by atoms with Gasteiger partial charge in [0.15, 0.2) is 0 Å². The van der Waals surface area contributed by atoms with E-state index in [2.05, 4.69) is 12.1 Å². The molecule has 2 amide bonds. The summed E-state index contributed by atoms with van der Waals surface area (Å²) in [6.07, 6.45) is 1.99. The van der Waals surface area contributed by atoms with Crippen LogP contribution in [0.4, 0.5) is 4.79 Å². The van der Waals surface area contributed by atoms with Crippen LogP contribution in [-0.2, 0) is 31.8 Å². The molecule has 0 spiro atoms. The van der Waals surface area contributed by atoms with Crippen LogP contribution in [-0.4, -0.2) is 69.5 Å². The molecule has 4 rings (SSSR count). The second kappa shape index (κ2) is 9.28. The lowest BCUT2D eigenvalue weighted by Crippen LogP contribution is -2.48. The predicted molar refractivity (Wildman–Crippen MR) is 142 cm³/mol. The Bertz CT molecular complexity index is 1060. The van der Waals surface area contributed by atoms with Gasteiger partial charge in [-0.3, -0.25) is 4.79 Å². The van der Waals surface area contributed by atoms with Gasteiger partial charge in [0.25, 0.3) is 5.91 Å². The Hall–Kier alpha value is -2.10. The standard InChI is InChI=1S/C28H43BN2O6/c1-25(2,3)35-24(33)31-13-10-11-22(31)20-16-19(29-36-27(6,7)28(8,9)37-29)15-18-12-14-30(17-21(18)20)23(32)26(4,5)34/h15-16,22,34H,10-14,17H2,1-9H3/t22-/m0/s1. The van der Waals surface area contributed by atoms with E-state index in [1.807, 2.05) is 53.4 Å². The number of likely N-dealkylation sites (tertiary alicyclic amines) is 1. The van der Waals surface area contributed by atoms with Gasteiger partial charge < -0.3 is 29.0 Å². The first-order valence-electron chi connectivity index (χ1n) is 13.4. The van der Waals surface area contributed by atoms with Gasteiger partial charge >= 0.3 is 13.2 Å². The van der Waals surface area contributed by atoms with Crippen molar-refractivity contribution in [2.24, 2.45) is 0 Å². The number of ether oxygens (including phenoxy) is 1. The average molecular weight is 514 g/mol. The molecule has 0 saturated carbocycles.